The topological polar surface area (TPSA) is 50.8 Å². The number of morpholine rings is 1. The van der Waals surface area contributed by atoms with E-state index in [1.54, 1.807) is 12.0 Å². The van der Waals surface area contributed by atoms with Crippen LogP contribution in [0.25, 0.3) is 0 Å². The first-order chi connectivity index (χ1) is 9.69. The zero-order valence-electron chi connectivity index (χ0n) is 12.1. The average Bonchev–Trinajstić information content (AvgIpc) is 2.48. The maximum absolute atomic E-state index is 12.2. The molecular weight excluding hydrogens is 256 g/mol. The molecule has 1 N–H and O–H groups in total. The van der Waals surface area contributed by atoms with Crippen molar-refractivity contribution in [1.82, 2.24) is 10.2 Å². The van der Waals surface area contributed by atoms with E-state index in [9.17, 15) is 4.79 Å². The predicted octanol–water partition coefficient (Wildman–Crippen LogP) is 1.03. The van der Waals surface area contributed by atoms with Crippen molar-refractivity contribution in [3.8, 4) is 5.75 Å². The highest BCUT2D eigenvalue weighted by molar-refractivity contribution is 5.76. The predicted molar refractivity (Wildman–Crippen MR) is 76.7 cm³/mol. The summed E-state index contributed by atoms with van der Waals surface area (Å²) in [5.41, 5.74) is 1.06. The van der Waals surface area contributed by atoms with Gasteiger partial charge in [0.1, 0.15) is 5.75 Å². The van der Waals surface area contributed by atoms with Crippen LogP contribution in [0.4, 0.5) is 0 Å². The molecule has 0 bridgehead atoms. The molecule has 1 aromatic carbocycles. The summed E-state index contributed by atoms with van der Waals surface area (Å²) in [6, 6.07) is 7.76. The molecule has 5 nitrogen and oxygen atoms in total. The van der Waals surface area contributed by atoms with Crippen molar-refractivity contribution in [2.45, 2.75) is 19.1 Å². The number of hydrogen-bond donors (Lipinski definition) is 1. The molecular formula is C15H22N2O3. The molecule has 1 atom stereocenters. The molecule has 20 heavy (non-hydrogen) atoms. The van der Waals surface area contributed by atoms with Crippen LogP contribution in [0.1, 0.15) is 12.0 Å². The van der Waals surface area contributed by atoms with E-state index in [0.717, 1.165) is 24.4 Å². The second kappa shape index (κ2) is 7.26. The third-order valence-corrected chi connectivity index (χ3v) is 3.39. The number of amides is 1. The summed E-state index contributed by atoms with van der Waals surface area (Å²) >= 11 is 0. The van der Waals surface area contributed by atoms with E-state index in [-0.39, 0.29) is 12.0 Å². The minimum Gasteiger partial charge on any atom is -0.497 e. The van der Waals surface area contributed by atoms with E-state index < -0.39 is 0 Å². The fourth-order valence-electron chi connectivity index (χ4n) is 2.23. The summed E-state index contributed by atoms with van der Waals surface area (Å²) in [6.07, 6.45) is 0.414. The van der Waals surface area contributed by atoms with Crippen molar-refractivity contribution in [3.05, 3.63) is 29.8 Å². The summed E-state index contributed by atoms with van der Waals surface area (Å²) in [7, 11) is 3.46. The van der Waals surface area contributed by atoms with Crippen LogP contribution in [0.3, 0.4) is 0 Å². The molecule has 0 spiro atoms. The van der Waals surface area contributed by atoms with Crippen LogP contribution in [0.2, 0.25) is 0 Å². The fraction of sp³-hybridized carbons (Fsp3) is 0.533. The summed E-state index contributed by atoms with van der Waals surface area (Å²) < 4.78 is 10.7. The lowest BCUT2D eigenvalue weighted by Crippen LogP contribution is -2.41. The highest BCUT2D eigenvalue weighted by Crippen LogP contribution is 2.14. The first kappa shape index (κ1) is 14.8. The van der Waals surface area contributed by atoms with Crippen LogP contribution in [0.5, 0.6) is 5.75 Å². The van der Waals surface area contributed by atoms with Gasteiger partial charge in [-0.3, -0.25) is 4.79 Å². The van der Waals surface area contributed by atoms with E-state index in [0.29, 0.717) is 19.6 Å². The van der Waals surface area contributed by atoms with Gasteiger partial charge in [-0.2, -0.15) is 0 Å². The van der Waals surface area contributed by atoms with Crippen LogP contribution >= 0.6 is 0 Å². The second-order valence-corrected chi connectivity index (χ2v) is 5.00. The Bertz CT molecular complexity index is 444. The van der Waals surface area contributed by atoms with Crippen LogP contribution in [-0.2, 0) is 16.1 Å². The Morgan fingerprint density at radius 2 is 2.40 bits per heavy atom. The van der Waals surface area contributed by atoms with Gasteiger partial charge in [-0.05, 0) is 17.7 Å². The van der Waals surface area contributed by atoms with Crippen molar-refractivity contribution < 1.29 is 14.3 Å². The summed E-state index contributed by atoms with van der Waals surface area (Å²) in [4.78, 5) is 13.9. The Morgan fingerprint density at radius 3 is 3.10 bits per heavy atom. The fourth-order valence-corrected chi connectivity index (χ4v) is 2.23. The van der Waals surface area contributed by atoms with Crippen molar-refractivity contribution in [2.75, 3.05) is 33.9 Å². The lowest BCUT2D eigenvalue weighted by atomic mass is 10.1. The lowest BCUT2D eigenvalue weighted by Gasteiger charge is -2.25. The summed E-state index contributed by atoms with van der Waals surface area (Å²) in [6.45, 7) is 2.87. The molecule has 110 valence electrons. The highest BCUT2D eigenvalue weighted by Gasteiger charge is 2.19. The van der Waals surface area contributed by atoms with Crippen molar-refractivity contribution in [1.29, 1.82) is 0 Å². The van der Waals surface area contributed by atoms with Crippen LogP contribution in [0, 0.1) is 0 Å². The van der Waals surface area contributed by atoms with E-state index in [2.05, 4.69) is 5.32 Å². The van der Waals surface area contributed by atoms with E-state index in [4.69, 9.17) is 9.47 Å². The summed E-state index contributed by atoms with van der Waals surface area (Å²) in [5, 5.41) is 3.23. The Morgan fingerprint density at radius 1 is 1.55 bits per heavy atom. The van der Waals surface area contributed by atoms with Crippen LogP contribution < -0.4 is 10.1 Å². The molecule has 0 aromatic heterocycles. The molecule has 1 fully saturated rings. The van der Waals surface area contributed by atoms with Gasteiger partial charge in [0, 0.05) is 26.7 Å². The Balaban J connectivity index is 1.86. The number of nitrogens with zero attached hydrogens (tertiary/aromatic N) is 1. The Hall–Kier alpha value is -1.59. The Kier molecular flexibility index (Phi) is 5.38. The van der Waals surface area contributed by atoms with Gasteiger partial charge in [-0.25, -0.2) is 0 Å². The maximum atomic E-state index is 12.2. The summed E-state index contributed by atoms with van der Waals surface area (Å²) in [5.74, 6) is 0.907. The second-order valence-electron chi connectivity index (χ2n) is 5.00. The monoisotopic (exact) mass is 278 g/mol. The van der Waals surface area contributed by atoms with Crippen LogP contribution in [0.15, 0.2) is 24.3 Å². The molecule has 1 amide bonds. The highest BCUT2D eigenvalue weighted by atomic mass is 16.5. The van der Waals surface area contributed by atoms with Gasteiger partial charge in [0.2, 0.25) is 5.91 Å². The molecule has 5 heteroatoms. The lowest BCUT2D eigenvalue weighted by molar-refractivity contribution is -0.133. The smallest absolute Gasteiger partial charge is 0.225 e. The maximum Gasteiger partial charge on any atom is 0.225 e. The van der Waals surface area contributed by atoms with Gasteiger partial charge in [-0.15, -0.1) is 0 Å². The SMILES string of the molecule is COc1cccc(CN(C)C(=O)CC2CNCCO2)c1. The van der Waals surface area contributed by atoms with Gasteiger partial charge in [0.25, 0.3) is 0 Å². The van der Waals surface area contributed by atoms with Gasteiger partial charge < -0.3 is 19.7 Å². The van der Waals surface area contributed by atoms with E-state index in [1.165, 1.54) is 0 Å². The molecule has 0 saturated carbocycles. The quantitative estimate of drug-likeness (QED) is 0.874. The zero-order valence-corrected chi connectivity index (χ0v) is 12.1. The van der Waals surface area contributed by atoms with Gasteiger partial charge >= 0.3 is 0 Å². The normalized spacial score (nSPS) is 18.6. The number of carbonyl (C=O) groups excluding carboxylic acids is 1. The third kappa shape index (κ3) is 4.21. The van der Waals surface area contributed by atoms with Gasteiger partial charge in [0.15, 0.2) is 0 Å². The van der Waals surface area contributed by atoms with Crippen molar-refractivity contribution >= 4 is 5.91 Å². The molecule has 0 radical (unpaired) electrons. The van der Waals surface area contributed by atoms with Gasteiger partial charge in [0.05, 0.1) is 26.2 Å². The molecule has 1 unspecified atom stereocenters. The Labute approximate surface area is 119 Å². The first-order valence-corrected chi connectivity index (χ1v) is 6.88. The standard InChI is InChI=1S/C15H22N2O3/c1-17(11-12-4-3-5-13(8-12)19-2)15(18)9-14-10-16-6-7-20-14/h3-5,8,14,16H,6-7,9-11H2,1-2H3. The molecule has 0 aliphatic carbocycles. The number of rotatable bonds is 5. The van der Waals surface area contributed by atoms with E-state index in [1.807, 2.05) is 31.3 Å². The van der Waals surface area contributed by atoms with E-state index >= 15 is 0 Å². The molecule has 1 aromatic rings. The molecule has 2 rings (SSSR count). The largest absolute Gasteiger partial charge is 0.497 e. The number of benzene rings is 1. The molecule has 1 aliphatic heterocycles. The first-order valence-electron chi connectivity index (χ1n) is 6.88. The minimum absolute atomic E-state index is 0.0102. The number of methoxy groups -OCH3 is 1. The third-order valence-electron chi connectivity index (χ3n) is 3.39. The average molecular weight is 278 g/mol. The van der Waals surface area contributed by atoms with Crippen LogP contribution in [-0.4, -0.2) is 50.8 Å². The van der Waals surface area contributed by atoms with Gasteiger partial charge in [-0.1, -0.05) is 12.1 Å². The van der Waals surface area contributed by atoms with Crippen molar-refractivity contribution in [3.63, 3.8) is 0 Å². The molecule has 1 heterocycles. The number of carbonyl (C=O) groups is 1. The number of hydrogen-bond acceptors (Lipinski definition) is 4. The molecule has 1 aliphatic rings. The van der Waals surface area contributed by atoms with Crippen molar-refractivity contribution in [2.24, 2.45) is 0 Å². The zero-order chi connectivity index (χ0) is 14.4. The minimum atomic E-state index is -0.0102. The number of ether oxygens (including phenoxy) is 2. The molecule has 1 saturated heterocycles. The number of nitrogens with one attached hydrogen (secondary N) is 1.